The van der Waals surface area contributed by atoms with Gasteiger partial charge in [0.2, 0.25) is 0 Å². The molecular formula is C38H48F3N4O7+. The topological polar surface area (TPSA) is 106 Å². The fourth-order valence-electron chi connectivity index (χ4n) is 7.32. The molecule has 0 N–H and O–H groups in total. The predicted octanol–water partition coefficient (Wildman–Crippen LogP) is 6.77. The number of hydrogen-bond donors (Lipinski definition) is 0. The summed E-state index contributed by atoms with van der Waals surface area (Å²) in [7, 11) is 0. The molecule has 3 fully saturated rings. The average molecular weight is 730 g/mol. The minimum Gasteiger partial charge on any atom is -0.475 e. The van der Waals surface area contributed by atoms with Crippen LogP contribution in [-0.4, -0.2) is 101 Å². The number of likely N-dealkylation sites (tertiary alicyclic amines) is 1. The number of piperidine rings is 1. The first-order valence-corrected chi connectivity index (χ1v) is 18.1. The van der Waals surface area contributed by atoms with Crippen LogP contribution in [-0.2, 0) is 27.1 Å². The predicted molar refractivity (Wildman–Crippen MR) is 185 cm³/mol. The summed E-state index contributed by atoms with van der Waals surface area (Å²) in [5.74, 6) is -1.39. The minimum absolute atomic E-state index is 0.0117. The Kier molecular flexibility index (Phi) is 10.0. The highest BCUT2D eigenvalue weighted by Crippen LogP contribution is 2.49. The number of amides is 4. The van der Waals surface area contributed by atoms with Crippen molar-refractivity contribution >= 4 is 29.7 Å². The van der Waals surface area contributed by atoms with Crippen molar-refractivity contribution in [1.82, 2.24) is 9.80 Å². The van der Waals surface area contributed by atoms with E-state index in [1.807, 2.05) is 30.3 Å². The molecule has 4 amide bonds. The van der Waals surface area contributed by atoms with Crippen molar-refractivity contribution in [2.75, 3.05) is 44.2 Å². The van der Waals surface area contributed by atoms with Crippen molar-refractivity contribution in [2.45, 2.75) is 103 Å². The van der Waals surface area contributed by atoms with Gasteiger partial charge in [0, 0.05) is 19.1 Å². The van der Waals surface area contributed by atoms with Crippen LogP contribution in [0.2, 0.25) is 0 Å². The number of ether oxygens (including phenoxy) is 3. The molecule has 3 aliphatic heterocycles. The fourth-order valence-corrected chi connectivity index (χ4v) is 7.32. The summed E-state index contributed by atoms with van der Waals surface area (Å²) < 4.78 is 61.7. The molecule has 14 heteroatoms. The standard InChI is InChI=1S/C38H48F3N4O7/c1-25(2)44(27-13-9-16-42(23-27)34(48)52-36(3,4)5)32(46)28-21-30-31(22-29(28)38(39,40)41)51-37(14-10-15-37)33(47)43(30)17-18-45(19-20-45)35(49)50-24-26-11-7-6-8-12-26/h6-8,11-12,21-22,25,27H,9-10,13-20,23-24H2,1-5H3/q+1/t27-/m1/s1. The molecule has 1 aliphatic carbocycles. The number of fused-ring (bicyclic) bond motifs is 1. The molecule has 2 aromatic rings. The van der Waals surface area contributed by atoms with Crippen LogP contribution >= 0.6 is 0 Å². The molecule has 1 atom stereocenters. The van der Waals surface area contributed by atoms with Gasteiger partial charge in [-0.15, -0.1) is 0 Å². The van der Waals surface area contributed by atoms with Crippen molar-refractivity contribution in [3.8, 4) is 5.75 Å². The summed E-state index contributed by atoms with van der Waals surface area (Å²) in [5.41, 5.74) is -2.93. The van der Waals surface area contributed by atoms with Gasteiger partial charge < -0.3 is 24.0 Å². The number of carbonyl (C=O) groups is 4. The largest absolute Gasteiger partial charge is 0.516 e. The second-order valence-corrected chi connectivity index (χ2v) is 15.7. The lowest BCUT2D eigenvalue weighted by atomic mass is 9.77. The summed E-state index contributed by atoms with van der Waals surface area (Å²) >= 11 is 0. The van der Waals surface area contributed by atoms with Crippen molar-refractivity contribution in [1.29, 1.82) is 0 Å². The first-order chi connectivity index (χ1) is 24.4. The maximum absolute atomic E-state index is 14.8. The van der Waals surface area contributed by atoms with Gasteiger partial charge in [-0.1, -0.05) is 30.3 Å². The first-order valence-electron chi connectivity index (χ1n) is 18.1. The first kappa shape index (κ1) is 37.4. The number of alkyl halides is 3. The third-order valence-corrected chi connectivity index (χ3v) is 10.4. The third-order valence-electron chi connectivity index (χ3n) is 10.4. The summed E-state index contributed by atoms with van der Waals surface area (Å²) in [6, 6.07) is 10.1. The zero-order valence-corrected chi connectivity index (χ0v) is 30.5. The highest BCUT2D eigenvalue weighted by atomic mass is 19.4. The van der Waals surface area contributed by atoms with Crippen LogP contribution in [0.1, 0.15) is 88.2 Å². The van der Waals surface area contributed by atoms with E-state index in [9.17, 15) is 32.3 Å². The van der Waals surface area contributed by atoms with Crippen LogP contribution in [0.25, 0.3) is 0 Å². The van der Waals surface area contributed by atoms with Crippen LogP contribution in [0.3, 0.4) is 0 Å². The molecule has 2 saturated heterocycles. The molecule has 0 bridgehead atoms. The molecule has 4 aliphatic rings. The second-order valence-electron chi connectivity index (χ2n) is 15.7. The van der Waals surface area contributed by atoms with Gasteiger partial charge in [0.1, 0.15) is 37.6 Å². The van der Waals surface area contributed by atoms with Crippen molar-refractivity contribution < 1.29 is 51.0 Å². The van der Waals surface area contributed by atoms with E-state index in [-0.39, 0.29) is 42.2 Å². The summed E-state index contributed by atoms with van der Waals surface area (Å²) in [6.07, 6.45) is -3.53. The van der Waals surface area contributed by atoms with Crippen molar-refractivity contribution in [2.24, 2.45) is 0 Å². The Morgan fingerprint density at radius 1 is 1.06 bits per heavy atom. The van der Waals surface area contributed by atoms with Gasteiger partial charge in [0.05, 0.1) is 29.4 Å². The van der Waals surface area contributed by atoms with E-state index >= 15 is 0 Å². The Labute approximate surface area is 302 Å². The molecule has 1 saturated carbocycles. The van der Waals surface area contributed by atoms with Crippen LogP contribution in [0.4, 0.5) is 28.4 Å². The molecule has 2 aromatic carbocycles. The van der Waals surface area contributed by atoms with Gasteiger partial charge in [-0.2, -0.15) is 18.0 Å². The molecule has 6 rings (SSSR count). The number of halogens is 3. The van der Waals surface area contributed by atoms with E-state index in [1.54, 1.807) is 34.6 Å². The monoisotopic (exact) mass is 729 g/mol. The third kappa shape index (κ3) is 7.58. The number of quaternary nitrogens is 1. The zero-order valence-electron chi connectivity index (χ0n) is 30.5. The Hall–Kier alpha value is -4.33. The number of rotatable bonds is 8. The van der Waals surface area contributed by atoms with E-state index < -0.39 is 64.6 Å². The van der Waals surface area contributed by atoms with Gasteiger partial charge in [-0.25, -0.2) is 9.28 Å². The lowest BCUT2D eigenvalue weighted by Gasteiger charge is -2.47. The van der Waals surface area contributed by atoms with Gasteiger partial charge >= 0.3 is 18.4 Å². The zero-order chi connectivity index (χ0) is 37.6. The molecular weight excluding hydrogens is 681 g/mol. The quantitative estimate of drug-likeness (QED) is 0.218. The highest BCUT2D eigenvalue weighted by Gasteiger charge is 2.56. The second kappa shape index (κ2) is 13.9. The number of nitrogens with zero attached hydrogens (tertiary/aromatic N) is 4. The molecule has 11 nitrogen and oxygen atoms in total. The number of carbonyl (C=O) groups excluding carboxylic acids is 4. The van der Waals surface area contributed by atoms with Gasteiger partial charge in [0.15, 0.2) is 5.60 Å². The van der Waals surface area contributed by atoms with E-state index in [4.69, 9.17) is 14.2 Å². The normalized spacial score (nSPS) is 20.5. The lowest BCUT2D eigenvalue weighted by Crippen LogP contribution is -2.61. The highest BCUT2D eigenvalue weighted by molar-refractivity contribution is 6.06. The molecule has 0 aromatic heterocycles. The Bertz CT molecular complexity index is 1700. The van der Waals surface area contributed by atoms with Crippen LogP contribution in [0.15, 0.2) is 42.5 Å². The Morgan fingerprint density at radius 3 is 2.33 bits per heavy atom. The smallest absolute Gasteiger partial charge is 0.475 e. The van der Waals surface area contributed by atoms with Gasteiger partial charge in [-0.3, -0.25) is 14.5 Å². The van der Waals surface area contributed by atoms with Gasteiger partial charge in [0.25, 0.3) is 11.8 Å². The molecule has 52 heavy (non-hydrogen) atoms. The molecule has 0 radical (unpaired) electrons. The number of hydrogen-bond acceptors (Lipinski definition) is 7. The fraction of sp³-hybridized carbons (Fsp3) is 0.579. The Balaban J connectivity index is 1.30. The van der Waals surface area contributed by atoms with E-state index in [1.165, 1.54) is 14.7 Å². The Morgan fingerprint density at radius 2 is 1.75 bits per heavy atom. The van der Waals surface area contributed by atoms with E-state index in [0.29, 0.717) is 51.7 Å². The van der Waals surface area contributed by atoms with E-state index in [0.717, 1.165) is 17.7 Å². The molecule has 282 valence electrons. The average Bonchev–Trinajstić information content (AvgIpc) is 3.85. The van der Waals surface area contributed by atoms with Crippen LogP contribution < -0.4 is 9.64 Å². The molecule has 3 heterocycles. The lowest BCUT2D eigenvalue weighted by molar-refractivity contribution is -0.720. The maximum Gasteiger partial charge on any atom is 0.516 e. The van der Waals surface area contributed by atoms with Gasteiger partial charge in [-0.05, 0) is 84.4 Å². The summed E-state index contributed by atoms with van der Waals surface area (Å²) in [5, 5.41) is 0. The van der Waals surface area contributed by atoms with Crippen LogP contribution in [0.5, 0.6) is 5.75 Å². The number of benzene rings is 2. The van der Waals surface area contributed by atoms with Crippen molar-refractivity contribution in [3.05, 3.63) is 59.2 Å². The maximum atomic E-state index is 14.8. The minimum atomic E-state index is -4.92. The molecule has 1 spiro atoms. The van der Waals surface area contributed by atoms with Crippen LogP contribution in [0, 0.1) is 0 Å². The number of anilines is 1. The molecule has 0 unspecified atom stereocenters. The van der Waals surface area contributed by atoms with Crippen molar-refractivity contribution in [3.63, 3.8) is 0 Å². The van der Waals surface area contributed by atoms with E-state index in [2.05, 4.69) is 0 Å². The summed E-state index contributed by atoms with van der Waals surface area (Å²) in [4.78, 5) is 58.9. The summed E-state index contributed by atoms with van der Waals surface area (Å²) in [6.45, 7) is 10.5. The SMILES string of the molecule is CC(C)N(C(=O)c1cc2c(cc1C(F)(F)F)OC1(CCC1)C(=O)N2CC[N+]1(C(=O)OCc2ccccc2)CC1)[C@@H]1CCCN(C(=O)OC(C)(C)C)C1.